The molecule has 0 atom stereocenters. The van der Waals surface area contributed by atoms with Gasteiger partial charge >= 0.3 is 0 Å². The van der Waals surface area contributed by atoms with Gasteiger partial charge in [0.05, 0.1) is 5.69 Å². The van der Waals surface area contributed by atoms with Crippen LogP contribution in [0.5, 0.6) is 5.75 Å². The van der Waals surface area contributed by atoms with Crippen molar-refractivity contribution in [1.29, 1.82) is 0 Å². The second-order valence-corrected chi connectivity index (χ2v) is 4.41. The second kappa shape index (κ2) is 6.04. The SMILES string of the molecule is Cc1cc(NC(=O)COc2cccc(-n3cnnn3)c2)no1. The summed E-state index contributed by atoms with van der Waals surface area (Å²) in [5.41, 5.74) is 0.732. The Kier molecular flexibility index (Phi) is 3.77. The van der Waals surface area contributed by atoms with Crippen LogP contribution in [0.1, 0.15) is 5.76 Å². The number of hydrogen-bond donors (Lipinski definition) is 1. The normalized spacial score (nSPS) is 10.4. The third-order valence-electron chi connectivity index (χ3n) is 2.70. The zero-order valence-electron chi connectivity index (χ0n) is 11.6. The number of aromatic nitrogens is 5. The fourth-order valence-electron chi connectivity index (χ4n) is 1.75. The molecule has 0 aliphatic carbocycles. The molecular weight excluding hydrogens is 288 g/mol. The Bertz CT molecular complexity index is 768. The monoisotopic (exact) mass is 300 g/mol. The Labute approximate surface area is 124 Å². The molecule has 0 saturated carbocycles. The minimum Gasteiger partial charge on any atom is -0.484 e. The number of tetrazole rings is 1. The molecule has 2 heterocycles. The van der Waals surface area contributed by atoms with Crippen LogP contribution in [0.2, 0.25) is 0 Å². The lowest BCUT2D eigenvalue weighted by molar-refractivity contribution is -0.118. The molecule has 0 fully saturated rings. The van der Waals surface area contributed by atoms with E-state index in [2.05, 4.69) is 26.0 Å². The van der Waals surface area contributed by atoms with E-state index in [1.54, 1.807) is 31.2 Å². The number of carbonyl (C=O) groups is 1. The number of benzene rings is 1. The van der Waals surface area contributed by atoms with Crippen LogP contribution in [0.15, 0.2) is 41.2 Å². The molecule has 9 nitrogen and oxygen atoms in total. The maximum Gasteiger partial charge on any atom is 0.263 e. The number of anilines is 1. The minimum atomic E-state index is -0.332. The van der Waals surface area contributed by atoms with Crippen molar-refractivity contribution in [1.82, 2.24) is 25.4 Å². The van der Waals surface area contributed by atoms with Gasteiger partial charge in [-0.1, -0.05) is 11.2 Å². The van der Waals surface area contributed by atoms with Gasteiger partial charge < -0.3 is 14.6 Å². The first-order chi connectivity index (χ1) is 10.7. The maximum absolute atomic E-state index is 11.8. The van der Waals surface area contributed by atoms with Crippen LogP contribution in [0.25, 0.3) is 5.69 Å². The zero-order chi connectivity index (χ0) is 15.4. The number of carbonyl (C=O) groups excluding carboxylic acids is 1. The number of nitrogens with one attached hydrogen (secondary N) is 1. The van der Waals surface area contributed by atoms with Crippen molar-refractivity contribution in [3.05, 3.63) is 42.4 Å². The van der Waals surface area contributed by atoms with E-state index in [0.717, 1.165) is 5.69 Å². The summed E-state index contributed by atoms with van der Waals surface area (Å²) >= 11 is 0. The van der Waals surface area contributed by atoms with Crippen molar-refractivity contribution < 1.29 is 14.1 Å². The van der Waals surface area contributed by atoms with Crippen LogP contribution in [-0.4, -0.2) is 37.9 Å². The van der Waals surface area contributed by atoms with Crippen LogP contribution in [0.3, 0.4) is 0 Å². The van der Waals surface area contributed by atoms with Crippen LogP contribution >= 0.6 is 0 Å². The van der Waals surface area contributed by atoms with Gasteiger partial charge in [0, 0.05) is 12.1 Å². The van der Waals surface area contributed by atoms with E-state index in [9.17, 15) is 4.79 Å². The highest BCUT2D eigenvalue weighted by molar-refractivity contribution is 5.90. The van der Waals surface area contributed by atoms with Crippen LogP contribution < -0.4 is 10.1 Å². The summed E-state index contributed by atoms with van der Waals surface area (Å²) in [5, 5.41) is 17.1. The predicted molar refractivity (Wildman–Crippen MR) is 74.5 cm³/mol. The predicted octanol–water partition coefficient (Wildman–Crippen LogP) is 0.976. The van der Waals surface area contributed by atoms with E-state index >= 15 is 0 Å². The number of nitrogens with zero attached hydrogens (tertiary/aromatic N) is 5. The molecule has 0 bridgehead atoms. The fourth-order valence-corrected chi connectivity index (χ4v) is 1.75. The van der Waals surface area contributed by atoms with Crippen molar-refractivity contribution in [3.63, 3.8) is 0 Å². The second-order valence-electron chi connectivity index (χ2n) is 4.41. The highest BCUT2D eigenvalue weighted by atomic mass is 16.5. The van der Waals surface area contributed by atoms with Gasteiger partial charge in [-0.2, -0.15) is 0 Å². The molecule has 22 heavy (non-hydrogen) atoms. The molecular formula is C13H12N6O3. The molecule has 0 aliphatic heterocycles. The zero-order valence-corrected chi connectivity index (χ0v) is 11.6. The Morgan fingerprint density at radius 1 is 1.41 bits per heavy atom. The Morgan fingerprint density at radius 3 is 3.05 bits per heavy atom. The topological polar surface area (TPSA) is 108 Å². The van der Waals surface area contributed by atoms with Gasteiger partial charge in [-0.3, -0.25) is 4.79 Å². The summed E-state index contributed by atoms with van der Waals surface area (Å²) in [6, 6.07) is 8.69. The van der Waals surface area contributed by atoms with Crippen LogP contribution in [0, 0.1) is 6.92 Å². The van der Waals surface area contributed by atoms with E-state index < -0.39 is 0 Å². The highest BCUT2D eigenvalue weighted by Crippen LogP contribution is 2.15. The molecule has 0 aliphatic rings. The third kappa shape index (κ3) is 3.26. The summed E-state index contributed by atoms with van der Waals surface area (Å²) in [5.74, 6) is 1.17. The molecule has 0 spiro atoms. The van der Waals surface area contributed by atoms with E-state index in [1.807, 2.05) is 6.07 Å². The number of rotatable bonds is 5. The van der Waals surface area contributed by atoms with Gasteiger partial charge in [0.25, 0.3) is 5.91 Å². The summed E-state index contributed by atoms with van der Waals surface area (Å²) in [7, 11) is 0. The first kappa shape index (κ1) is 13.7. The smallest absolute Gasteiger partial charge is 0.263 e. The Morgan fingerprint density at radius 2 is 2.32 bits per heavy atom. The van der Waals surface area contributed by atoms with E-state index in [-0.39, 0.29) is 12.5 Å². The van der Waals surface area contributed by atoms with E-state index in [1.165, 1.54) is 11.0 Å². The Balaban J connectivity index is 1.59. The summed E-state index contributed by atoms with van der Waals surface area (Å²) < 4.78 is 11.8. The van der Waals surface area contributed by atoms with Crippen molar-refractivity contribution >= 4 is 11.7 Å². The molecule has 1 aromatic carbocycles. The van der Waals surface area contributed by atoms with Crippen LogP contribution in [-0.2, 0) is 4.79 Å². The third-order valence-corrected chi connectivity index (χ3v) is 2.70. The first-order valence-corrected chi connectivity index (χ1v) is 6.40. The highest BCUT2D eigenvalue weighted by Gasteiger charge is 2.07. The van der Waals surface area contributed by atoms with Gasteiger partial charge in [-0.05, 0) is 29.5 Å². The molecule has 2 aromatic heterocycles. The molecule has 0 radical (unpaired) electrons. The fraction of sp³-hybridized carbons (Fsp3) is 0.154. The Hall–Kier alpha value is -3.23. The average Bonchev–Trinajstić information content (AvgIpc) is 3.17. The number of ether oxygens (including phenoxy) is 1. The molecule has 3 aromatic rings. The van der Waals surface area contributed by atoms with E-state index in [4.69, 9.17) is 9.26 Å². The molecule has 1 N–H and O–H groups in total. The lowest BCUT2D eigenvalue weighted by Crippen LogP contribution is -2.20. The number of hydrogen-bond acceptors (Lipinski definition) is 7. The van der Waals surface area contributed by atoms with Gasteiger partial charge in [0.2, 0.25) is 0 Å². The molecule has 1 amide bonds. The standard InChI is InChI=1S/C13H12N6O3/c1-9-5-12(16-22-9)15-13(20)7-21-11-4-2-3-10(6-11)19-8-14-17-18-19/h2-6,8H,7H2,1H3,(H,15,16,20). The molecule has 0 saturated heterocycles. The minimum absolute atomic E-state index is 0.148. The van der Waals surface area contributed by atoms with Crippen molar-refractivity contribution in [2.24, 2.45) is 0 Å². The molecule has 3 rings (SSSR count). The van der Waals surface area contributed by atoms with Gasteiger partial charge in [-0.15, -0.1) is 5.10 Å². The first-order valence-electron chi connectivity index (χ1n) is 6.40. The molecule has 0 unspecified atom stereocenters. The van der Waals surface area contributed by atoms with Crippen LogP contribution in [0.4, 0.5) is 5.82 Å². The van der Waals surface area contributed by atoms with Crippen molar-refractivity contribution in [2.75, 3.05) is 11.9 Å². The largest absolute Gasteiger partial charge is 0.484 e. The summed E-state index contributed by atoms with van der Waals surface area (Å²) in [6.45, 7) is 1.59. The van der Waals surface area contributed by atoms with Crippen molar-refractivity contribution in [3.8, 4) is 11.4 Å². The van der Waals surface area contributed by atoms with Gasteiger partial charge in [0.1, 0.15) is 17.8 Å². The van der Waals surface area contributed by atoms with Crippen molar-refractivity contribution in [2.45, 2.75) is 6.92 Å². The van der Waals surface area contributed by atoms with Gasteiger partial charge in [-0.25, -0.2) is 4.68 Å². The van der Waals surface area contributed by atoms with E-state index in [0.29, 0.717) is 17.3 Å². The average molecular weight is 300 g/mol. The number of amides is 1. The maximum atomic E-state index is 11.8. The number of aryl methyl sites for hydroxylation is 1. The quantitative estimate of drug-likeness (QED) is 0.748. The lowest BCUT2D eigenvalue weighted by Gasteiger charge is -2.07. The van der Waals surface area contributed by atoms with Gasteiger partial charge in [0.15, 0.2) is 12.4 Å². The lowest BCUT2D eigenvalue weighted by atomic mass is 10.3. The summed E-state index contributed by atoms with van der Waals surface area (Å²) in [6.07, 6.45) is 1.47. The molecule has 9 heteroatoms. The molecule has 112 valence electrons. The summed E-state index contributed by atoms with van der Waals surface area (Å²) in [4.78, 5) is 11.8.